The van der Waals surface area contributed by atoms with Crippen LogP contribution < -0.4 is 10.1 Å². The quantitative estimate of drug-likeness (QED) is 0.478. The summed E-state index contributed by atoms with van der Waals surface area (Å²) < 4.78 is 11.9. The Balaban J connectivity index is 1.53. The van der Waals surface area contributed by atoms with E-state index in [0.717, 1.165) is 22.3 Å². The number of hydrogen-bond acceptors (Lipinski definition) is 6. The number of aryl methyl sites for hydroxylation is 1. The third kappa shape index (κ3) is 6.60. The summed E-state index contributed by atoms with van der Waals surface area (Å²) in [5.74, 6) is 0.552. The van der Waals surface area contributed by atoms with Crippen LogP contribution in [-0.4, -0.2) is 57.7 Å². The van der Waals surface area contributed by atoms with Gasteiger partial charge in [0.1, 0.15) is 23.5 Å². The van der Waals surface area contributed by atoms with Crippen LogP contribution in [0.1, 0.15) is 53.7 Å². The summed E-state index contributed by atoms with van der Waals surface area (Å²) in [7, 11) is 0. The molecular formula is C30H38N4O4. The Morgan fingerprint density at radius 2 is 1.74 bits per heavy atom. The van der Waals surface area contributed by atoms with Crippen molar-refractivity contribution in [3.63, 3.8) is 0 Å². The fourth-order valence-electron chi connectivity index (χ4n) is 4.48. The zero-order valence-corrected chi connectivity index (χ0v) is 23.4. The third-order valence-corrected chi connectivity index (χ3v) is 6.37. The van der Waals surface area contributed by atoms with Crippen molar-refractivity contribution in [1.29, 1.82) is 0 Å². The zero-order chi connectivity index (χ0) is 27.7. The molecule has 0 saturated carbocycles. The summed E-state index contributed by atoms with van der Waals surface area (Å²) in [6.45, 7) is 14.1. The van der Waals surface area contributed by atoms with Crippen molar-refractivity contribution in [2.75, 3.05) is 13.1 Å². The highest BCUT2D eigenvalue weighted by molar-refractivity contribution is 5.87. The first-order valence-electron chi connectivity index (χ1n) is 13.1. The van der Waals surface area contributed by atoms with Crippen molar-refractivity contribution in [1.82, 2.24) is 20.2 Å². The van der Waals surface area contributed by atoms with Crippen LogP contribution in [0.25, 0.3) is 22.3 Å². The van der Waals surface area contributed by atoms with E-state index in [4.69, 9.17) is 14.5 Å². The maximum atomic E-state index is 13.6. The van der Waals surface area contributed by atoms with Crippen LogP contribution in [0.2, 0.25) is 0 Å². The number of nitrogens with one attached hydrogen (secondary N) is 1. The van der Waals surface area contributed by atoms with Crippen molar-refractivity contribution < 1.29 is 19.1 Å². The SMILES string of the molecule is Cc1ccc2c(O[C@@H]3CCN(C(=O)[C@@H](NC(=O)OC(C)(C)C)C(C)(C)C)C3)cc(-c3ccccc3)nc2n1. The molecule has 3 aromatic rings. The predicted molar refractivity (Wildman–Crippen MR) is 148 cm³/mol. The summed E-state index contributed by atoms with van der Waals surface area (Å²) >= 11 is 0. The van der Waals surface area contributed by atoms with E-state index in [1.165, 1.54) is 0 Å². The van der Waals surface area contributed by atoms with E-state index >= 15 is 0 Å². The molecule has 0 unspecified atom stereocenters. The molecule has 1 aromatic carbocycles. The molecule has 38 heavy (non-hydrogen) atoms. The number of benzene rings is 1. The first-order chi connectivity index (χ1) is 17.8. The molecule has 2 aromatic heterocycles. The molecular weight excluding hydrogens is 480 g/mol. The summed E-state index contributed by atoms with van der Waals surface area (Å²) in [5.41, 5.74) is 2.12. The molecule has 8 nitrogen and oxygen atoms in total. The van der Waals surface area contributed by atoms with E-state index in [0.29, 0.717) is 30.9 Å². The Morgan fingerprint density at radius 3 is 2.39 bits per heavy atom. The maximum Gasteiger partial charge on any atom is 0.408 e. The summed E-state index contributed by atoms with van der Waals surface area (Å²) in [5, 5.41) is 3.63. The van der Waals surface area contributed by atoms with Gasteiger partial charge in [0.2, 0.25) is 5.91 Å². The second kappa shape index (κ2) is 10.6. The standard InChI is InChI=1S/C30H38N4O4/c1-19-13-14-22-24(17-23(32-26(22)31-19)20-11-9-8-10-12-20)37-21-15-16-34(18-21)27(35)25(29(2,3)4)33-28(36)38-30(5,6)7/h8-14,17,21,25H,15-16,18H2,1-7H3,(H,33,36)/t21-,25-/m1/s1. The van der Waals surface area contributed by atoms with E-state index in [9.17, 15) is 9.59 Å². The molecule has 0 bridgehead atoms. The van der Waals surface area contributed by atoms with Crippen LogP contribution in [0.3, 0.4) is 0 Å². The smallest absolute Gasteiger partial charge is 0.408 e. The maximum absolute atomic E-state index is 13.6. The number of alkyl carbamates (subject to hydrolysis) is 1. The molecule has 0 aliphatic carbocycles. The molecule has 202 valence electrons. The van der Waals surface area contributed by atoms with Crippen molar-refractivity contribution in [3.05, 3.63) is 54.2 Å². The van der Waals surface area contributed by atoms with Gasteiger partial charge < -0.3 is 19.7 Å². The van der Waals surface area contributed by atoms with Crippen molar-refractivity contribution >= 4 is 23.0 Å². The van der Waals surface area contributed by atoms with Crippen molar-refractivity contribution in [3.8, 4) is 17.0 Å². The molecule has 2 atom stereocenters. The van der Waals surface area contributed by atoms with Gasteiger partial charge in [0.25, 0.3) is 0 Å². The lowest BCUT2D eigenvalue weighted by Gasteiger charge is -2.34. The molecule has 1 aliphatic rings. The zero-order valence-electron chi connectivity index (χ0n) is 23.4. The Kier molecular flexibility index (Phi) is 7.63. The first-order valence-corrected chi connectivity index (χ1v) is 13.1. The second-order valence-electron chi connectivity index (χ2n) is 12.0. The van der Waals surface area contributed by atoms with Gasteiger partial charge in [-0.15, -0.1) is 0 Å². The third-order valence-electron chi connectivity index (χ3n) is 6.37. The van der Waals surface area contributed by atoms with Gasteiger partial charge in [-0.25, -0.2) is 14.8 Å². The molecule has 1 fully saturated rings. The average Bonchev–Trinajstić information content (AvgIpc) is 3.29. The fraction of sp³-hybridized carbons (Fsp3) is 0.467. The molecule has 3 heterocycles. The number of aromatic nitrogens is 2. The monoisotopic (exact) mass is 518 g/mol. The Labute approximate surface area is 224 Å². The molecule has 1 saturated heterocycles. The molecule has 1 aliphatic heterocycles. The van der Waals surface area contributed by atoms with Crippen LogP contribution in [-0.2, 0) is 9.53 Å². The fourth-order valence-corrected chi connectivity index (χ4v) is 4.48. The number of pyridine rings is 2. The van der Waals surface area contributed by atoms with Crippen LogP contribution in [0.15, 0.2) is 48.5 Å². The molecule has 1 N–H and O–H groups in total. The Morgan fingerprint density at radius 1 is 1.03 bits per heavy atom. The highest BCUT2D eigenvalue weighted by Gasteiger charge is 2.39. The second-order valence-corrected chi connectivity index (χ2v) is 12.0. The van der Waals surface area contributed by atoms with Gasteiger partial charge in [0.05, 0.1) is 17.6 Å². The van der Waals surface area contributed by atoms with Crippen LogP contribution in [0.5, 0.6) is 5.75 Å². The number of ether oxygens (including phenoxy) is 2. The van der Waals surface area contributed by atoms with Gasteiger partial charge >= 0.3 is 6.09 Å². The minimum absolute atomic E-state index is 0.142. The van der Waals surface area contributed by atoms with Gasteiger partial charge in [-0.2, -0.15) is 0 Å². The van der Waals surface area contributed by atoms with Gasteiger partial charge in [-0.3, -0.25) is 4.79 Å². The lowest BCUT2D eigenvalue weighted by atomic mass is 9.86. The minimum Gasteiger partial charge on any atom is -0.488 e. The molecule has 2 amide bonds. The average molecular weight is 519 g/mol. The van der Waals surface area contributed by atoms with Crippen LogP contribution in [0, 0.1) is 12.3 Å². The van der Waals surface area contributed by atoms with Gasteiger partial charge in [0.15, 0.2) is 5.65 Å². The predicted octanol–water partition coefficient (Wildman–Crippen LogP) is 5.52. The van der Waals surface area contributed by atoms with E-state index in [1.807, 2.05) is 76.2 Å². The van der Waals surface area contributed by atoms with E-state index < -0.39 is 23.2 Å². The van der Waals surface area contributed by atoms with E-state index in [2.05, 4.69) is 10.3 Å². The minimum atomic E-state index is -0.727. The molecule has 4 rings (SSSR count). The molecule has 0 spiro atoms. The van der Waals surface area contributed by atoms with Gasteiger partial charge in [-0.05, 0) is 45.2 Å². The Hall–Kier alpha value is -3.68. The highest BCUT2D eigenvalue weighted by atomic mass is 16.6. The highest BCUT2D eigenvalue weighted by Crippen LogP contribution is 2.32. The number of fused-ring (bicyclic) bond motifs is 1. The number of nitrogens with zero attached hydrogens (tertiary/aromatic N) is 3. The normalized spacial score (nSPS) is 16.8. The topological polar surface area (TPSA) is 93.7 Å². The molecule has 8 heteroatoms. The van der Waals surface area contributed by atoms with Crippen LogP contribution >= 0.6 is 0 Å². The molecule has 0 radical (unpaired) electrons. The number of hydrogen-bond donors (Lipinski definition) is 1. The van der Waals surface area contributed by atoms with Gasteiger partial charge in [-0.1, -0.05) is 51.1 Å². The Bertz CT molecular complexity index is 1310. The van der Waals surface area contributed by atoms with E-state index in [-0.39, 0.29) is 12.0 Å². The van der Waals surface area contributed by atoms with E-state index in [1.54, 1.807) is 25.7 Å². The number of rotatable bonds is 5. The van der Waals surface area contributed by atoms with Gasteiger partial charge in [0, 0.05) is 30.3 Å². The number of carbonyl (C=O) groups excluding carboxylic acids is 2. The van der Waals surface area contributed by atoms with Crippen molar-refractivity contribution in [2.45, 2.75) is 72.6 Å². The summed E-state index contributed by atoms with van der Waals surface area (Å²) in [4.78, 5) is 37.2. The number of likely N-dealkylation sites (tertiary alicyclic amines) is 1. The lowest BCUT2D eigenvalue weighted by molar-refractivity contribution is -0.135. The number of amides is 2. The lowest BCUT2D eigenvalue weighted by Crippen LogP contribution is -2.55. The summed E-state index contributed by atoms with van der Waals surface area (Å²) in [6, 6.07) is 15.1. The largest absolute Gasteiger partial charge is 0.488 e. The number of carbonyl (C=O) groups is 2. The van der Waals surface area contributed by atoms with Crippen LogP contribution in [0.4, 0.5) is 4.79 Å². The first kappa shape index (κ1) is 27.4. The van der Waals surface area contributed by atoms with Crippen molar-refractivity contribution in [2.24, 2.45) is 5.41 Å². The summed E-state index contributed by atoms with van der Waals surface area (Å²) in [6.07, 6.45) is -0.118.